The maximum Gasteiger partial charge on any atom is 0.257 e. The third-order valence-corrected chi connectivity index (χ3v) is 5.52. The zero-order chi connectivity index (χ0) is 19.4. The van der Waals surface area contributed by atoms with Gasteiger partial charge in [-0.15, -0.1) is 11.3 Å². The highest BCUT2D eigenvalue weighted by Gasteiger charge is 2.20. The van der Waals surface area contributed by atoms with Gasteiger partial charge in [-0.3, -0.25) is 10.1 Å². The number of carbonyl (C=O) groups excluding carboxylic acids is 1. The van der Waals surface area contributed by atoms with Crippen molar-refractivity contribution in [3.8, 4) is 11.5 Å². The maximum absolute atomic E-state index is 12.6. The number of thiazole rings is 1. The van der Waals surface area contributed by atoms with Gasteiger partial charge >= 0.3 is 0 Å². The number of fused-ring (bicyclic) bond motifs is 1. The molecule has 0 spiro atoms. The van der Waals surface area contributed by atoms with Gasteiger partial charge < -0.3 is 14.4 Å². The van der Waals surface area contributed by atoms with Crippen LogP contribution in [0.4, 0.5) is 5.13 Å². The van der Waals surface area contributed by atoms with Crippen molar-refractivity contribution < 1.29 is 14.3 Å². The van der Waals surface area contributed by atoms with E-state index in [0.717, 1.165) is 31.6 Å². The van der Waals surface area contributed by atoms with Crippen molar-refractivity contribution in [1.82, 2.24) is 9.88 Å². The van der Waals surface area contributed by atoms with Crippen molar-refractivity contribution >= 4 is 22.4 Å². The number of nitrogens with zero attached hydrogens (tertiary/aromatic N) is 2. The first-order valence-corrected chi connectivity index (χ1v) is 10.1. The standard InChI is InChI=1S/C20H27N3O3S/c1-13(2)8-10-26-16-6-5-14(11-17(16)25-4)19(24)22-20-21-15-7-9-23(3)12-18(15)27-20/h5-6,11,13H,7-10,12H2,1-4H3,(H,21,22,24). The van der Waals surface area contributed by atoms with E-state index in [0.29, 0.717) is 34.7 Å². The van der Waals surface area contributed by atoms with E-state index in [1.54, 1.807) is 36.6 Å². The molecule has 3 rings (SSSR count). The molecule has 0 bridgehead atoms. The van der Waals surface area contributed by atoms with Crippen LogP contribution >= 0.6 is 11.3 Å². The van der Waals surface area contributed by atoms with Crippen molar-refractivity contribution in [2.45, 2.75) is 33.2 Å². The molecular weight excluding hydrogens is 362 g/mol. The van der Waals surface area contributed by atoms with Crippen molar-refractivity contribution in [3.05, 3.63) is 34.3 Å². The van der Waals surface area contributed by atoms with E-state index in [4.69, 9.17) is 9.47 Å². The molecule has 1 N–H and O–H groups in total. The molecule has 1 aromatic heterocycles. The molecule has 1 amide bonds. The highest BCUT2D eigenvalue weighted by Crippen LogP contribution is 2.30. The first-order chi connectivity index (χ1) is 13.0. The zero-order valence-electron chi connectivity index (χ0n) is 16.4. The Morgan fingerprint density at radius 1 is 1.37 bits per heavy atom. The molecule has 27 heavy (non-hydrogen) atoms. The number of rotatable bonds is 7. The monoisotopic (exact) mass is 389 g/mol. The van der Waals surface area contributed by atoms with Crippen LogP contribution in [0.5, 0.6) is 11.5 Å². The third-order valence-electron chi connectivity index (χ3n) is 4.52. The average molecular weight is 390 g/mol. The summed E-state index contributed by atoms with van der Waals surface area (Å²) in [5, 5.41) is 3.56. The predicted octanol–water partition coefficient (Wildman–Crippen LogP) is 3.82. The van der Waals surface area contributed by atoms with Crippen molar-refractivity contribution in [1.29, 1.82) is 0 Å². The van der Waals surface area contributed by atoms with Crippen LogP contribution < -0.4 is 14.8 Å². The van der Waals surface area contributed by atoms with E-state index in [9.17, 15) is 4.79 Å². The molecule has 0 radical (unpaired) electrons. The van der Waals surface area contributed by atoms with E-state index in [-0.39, 0.29) is 5.91 Å². The molecule has 146 valence electrons. The molecule has 1 aliphatic heterocycles. The summed E-state index contributed by atoms with van der Waals surface area (Å²) in [5.74, 6) is 1.60. The molecule has 6 nitrogen and oxygen atoms in total. The van der Waals surface area contributed by atoms with Crippen LogP contribution in [0.25, 0.3) is 0 Å². The van der Waals surface area contributed by atoms with Gasteiger partial charge in [0.25, 0.3) is 5.91 Å². The second kappa shape index (κ2) is 8.71. The fraction of sp³-hybridized carbons (Fsp3) is 0.500. The Hall–Kier alpha value is -2.12. The topological polar surface area (TPSA) is 63.7 Å². The lowest BCUT2D eigenvalue weighted by Crippen LogP contribution is -2.25. The highest BCUT2D eigenvalue weighted by atomic mass is 32.1. The Morgan fingerprint density at radius 3 is 2.93 bits per heavy atom. The third kappa shape index (κ3) is 4.99. The van der Waals surface area contributed by atoms with Crippen molar-refractivity contribution in [2.75, 3.05) is 32.6 Å². The molecule has 7 heteroatoms. The summed E-state index contributed by atoms with van der Waals surface area (Å²) in [4.78, 5) is 20.7. The quantitative estimate of drug-likeness (QED) is 0.780. The number of methoxy groups -OCH3 is 1. The van der Waals surface area contributed by atoms with Gasteiger partial charge in [0, 0.05) is 30.0 Å². The lowest BCUT2D eigenvalue weighted by molar-refractivity contribution is 0.102. The van der Waals surface area contributed by atoms with Crippen LogP contribution in [0, 0.1) is 5.92 Å². The normalized spacial score (nSPS) is 14.1. The molecular formula is C20H27N3O3S. The van der Waals surface area contributed by atoms with Crippen LogP contribution in [-0.4, -0.2) is 43.1 Å². The molecule has 0 unspecified atom stereocenters. The minimum atomic E-state index is -0.193. The van der Waals surface area contributed by atoms with E-state index in [1.807, 2.05) is 0 Å². The molecule has 1 aromatic carbocycles. The predicted molar refractivity (Wildman–Crippen MR) is 108 cm³/mol. The highest BCUT2D eigenvalue weighted by molar-refractivity contribution is 7.15. The number of amides is 1. The van der Waals surface area contributed by atoms with Gasteiger partial charge in [-0.25, -0.2) is 4.98 Å². The summed E-state index contributed by atoms with van der Waals surface area (Å²) in [6, 6.07) is 5.25. The number of benzene rings is 1. The van der Waals surface area contributed by atoms with Crippen molar-refractivity contribution in [3.63, 3.8) is 0 Å². The fourth-order valence-electron chi connectivity index (χ4n) is 2.88. The van der Waals surface area contributed by atoms with Crippen LogP contribution in [0.3, 0.4) is 0 Å². The zero-order valence-corrected chi connectivity index (χ0v) is 17.2. The smallest absolute Gasteiger partial charge is 0.257 e. The van der Waals surface area contributed by atoms with Gasteiger partial charge in [0.1, 0.15) is 0 Å². The number of carbonyl (C=O) groups is 1. The molecule has 0 saturated heterocycles. The summed E-state index contributed by atoms with van der Waals surface area (Å²) in [7, 11) is 3.68. The summed E-state index contributed by atoms with van der Waals surface area (Å²) < 4.78 is 11.2. The number of nitrogens with one attached hydrogen (secondary N) is 1. The minimum Gasteiger partial charge on any atom is -0.493 e. The Bertz CT molecular complexity index is 804. The molecule has 0 saturated carbocycles. The van der Waals surface area contributed by atoms with Crippen LogP contribution in [0.2, 0.25) is 0 Å². The Balaban J connectivity index is 1.67. The van der Waals surface area contributed by atoms with E-state index in [1.165, 1.54) is 4.88 Å². The Kier molecular flexibility index (Phi) is 6.34. The van der Waals surface area contributed by atoms with Gasteiger partial charge in [-0.05, 0) is 37.6 Å². The first-order valence-electron chi connectivity index (χ1n) is 9.25. The molecule has 1 aliphatic rings. The molecule has 0 fully saturated rings. The van der Waals surface area contributed by atoms with Crippen molar-refractivity contribution in [2.24, 2.45) is 5.92 Å². The second-order valence-corrected chi connectivity index (χ2v) is 8.31. The van der Waals surface area contributed by atoms with Gasteiger partial charge in [0.05, 0.1) is 19.4 Å². The molecule has 2 heterocycles. The van der Waals surface area contributed by atoms with Gasteiger partial charge in [0.2, 0.25) is 0 Å². The molecule has 0 atom stereocenters. The lowest BCUT2D eigenvalue weighted by Gasteiger charge is -2.20. The summed E-state index contributed by atoms with van der Waals surface area (Å²) in [6.07, 6.45) is 1.89. The second-order valence-electron chi connectivity index (χ2n) is 7.23. The van der Waals surface area contributed by atoms with Crippen LogP contribution in [0.15, 0.2) is 18.2 Å². The SMILES string of the molecule is COc1cc(C(=O)Nc2nc3c(s2)CN(C)CC3)ccc1OCCC(C)C. The average Bonchev–Trinajstić information content (AvgIpc) is 3.02. The van der Waals surface area contributed by atoms with Gasteiger partial charge in [0.15, 0.2) is 16.6 Å². The Morgan fingerprint density at radius 2 is 2.19 bits per heavy atom. The molecule has 2 aromatic rings. The Labute approximate surface area is 164 Å². The number of ether oxygens (including phenoxy) is 2. The number of aromatic nitrogens is 1. The number of hydrogen-bond acceptors (Lipinski definition) is 6. The number of hydrogen-bond donors (Lipinski definition) is 1. The van der Waals surface area contributed by atoms with E-state index in [2.05, 4.69) is 36.1 Å². The van der Waals surface area contributed by atoms with Crippen LogP contribution in [-0.2, 0) is 13.0 Å². The van der Waals surface area contributed by atoms with E-state index < -0.39 is 0 Å². The fourth-order valence-corrected chi connectivity index (χ4v) is 3.96. The van der Waals surface area contributed by atoms with Gasteiger partial charge in [-0.2, -0.15) is 0 Å². The van der Waals surface area contributed by atoms with Gasteiger partial charge in [-0.1, -0.05) is 13.8 Å². The lowest BCUT2D eigenvalue weighted by atomic mass is 10.1. The molecule has 0 aliphatic carbocycles. The largest absolute Gasteiger partial charge is 0.493 e. The number of anilines is 1. The summed E-state index contributed by atoms with van der Waals surface area (Å²) in [6.45, 7) is 6.82. The summed E-state index contributed by atoms with van der Waals surface area (Å²) in [5.41, 5.74) is 1.62. The first kappa shape index (κ1) is 19.6. The van der Waals surface area contributed by atoms with E-state index >= 15 is 0 Å². The number of likely N-dealkylation sites (N-methyl/N-ethyl adjacent to an activating group) is 1. The summed E-state index contributed by atoms with van der Waals surface area (Å²) >= 11 is 1.55. The maximum atomic E-state index is 12.6. The van der Waals surface area contributed by atoms with Crippen LogP contribution in [0.1, 0.15) is 41.2 Å². The minimum absolute atomic E-state index is 0.193.